The zero-order chi connectivity index (χ0) is 11.0. The zero-order valence-corrected chi connectivity index (χ0v) is 8.83. The van der Waals surface area contributed by atoms with Gasteiger partial charge in [-0.25, -0.2) is 8.78 Å². The molecule has 1 nitrogen and oxygen atoms in total. The molecule has 4 unspecified atom stereocenters. The molecule has 0 amide bonds. The Balaban J connectivity index is 1.90. The van der Waals surface area contributed by atoms with Gasteiger partial charge in [0, 0.05) is 18.3 Å². The number of halogens is 2. The molecule has 0 aromatic rings. The monoisotopic (exact) mass is 214 g/mol. The van der Waals surface area contributed by atoms with Crippen LogP contribution >= 0.6 is 0 Å². The lowest BCUT2D eigenvalue weighted by Crippen LogP contribution is -2.23. The van der Waals surface area contributed by atoms with Crippen LogP contribution in [-0.4, -0.2) is 12.2 Å². The third kappa shape index (κ3) is 2.11. The Bertz CT molecular complexity index is 285. The van der Waals surface area contributed by atoms with E-state index >= 15 is 0 Å². The van der Waals surface area contributed by atoms with E-state index in [1.165, 1.54) is 6.92 Å². The number of Topliss-reactive ketones (excluding diaryl/α,β-unsaturated/α-hetero) is 1. The fourth-order valence-electron chi connectivity index (χ4n) is 2.71. The predicted molar refractivity (Wildman–Crippen MR) is 53.6 cm³/mol. The SMILES string of the molecule is CC(CC(=O)C1CC2C=CC1C2)C(F)F. The maximum atomic E-state index is 12.3. The highest BCUT2D eigenvalue weighted by Gasteiger charge is 2.40. The van der Waals surface area contributed by atoms with Gasteiger partial charge in [-0.2, -0.15) is 0 Å². The van der Waals surface area contributed by atoms with Crippen LogP contribution < -0.4 is 0 Å². The van der Waals surface area contributed by atoms with E-state index in [0.717, 1.165) is 12.8 Å². The second-order valence-electron chi connectivity index (χ2n) is 4.87. The lowest BCUT2D eigenvalue weighted by molar-refractivity contribution is -0.125. The molecule has 0 N–H and O–H groups in total. The van der Waals surface area contributed by atoms with E-state index < -0.39 is 12.3 Å². The molecule has 0 saturated heterocycles. The minimum Gasteiger partial charge on any atom is -0.299 e. The van der Waals surface area contributed by atoms with Gasteiger partial charge in [-0.1, -0.05) is 19.1 Å². The van der Waals surface area contributed by atoms with Crippen molar-refractivity contribution < 1.29 is 13.6 Å². The van der Waals surface area contributed by atoms with E-state index in [0.29, 0.717) is 11.8 Å². The summed E-state index contributed by atoms with van der Waals surface area (Å²) in [6, 6.07) is 0. The molecule has 0 aromatic heterocycles. The average molecular weight is 214 g/mol. The Kier molecular flexibility index (Phi) is 2.89. The number of fused-ring (bicyclic) bond motifs is 2. The molecule has 1 fully saturated rings. The number of carbonyl (C=O) groups is 1. The Hall–Kier alpha value is -0.730. The molecule has 2 aliphatic rings. The molecule has 0 aliphatic heterocycles. The standard InChI is InChI=1S/C12H16F2O/c1-7(12(13)14)4-11(15)10-6-8-2-3-9(10)5-8/h2-3,7-10,12H,4-6H2,1H3. The van der Waals surface area contributed by atoms with Gasteiger partial charge >= 0.3 is 0 Å². The van der Waals surface area contributed by atoms with Crippen LogP contribution in [0.2, 0.25) is 0 Å². The Morgan fingerprint density at radius 2 is 2.13 bits per heavy atom. The summed E-state index contributed by atoms with van der Waals surface area (Å²) < 4.78 is 24.6. The molecular weight excluding hydrogens is 198 g/mol. The van der Waals surface area contributed by atoms with Gasteiger partial charge in [0.15, 0.2) is 0 Å². The predicted octanol–water partition coefficient (Wildman–Crippen LogP) is 3.06. The van der Waals surface area contributed by atoms with Crippen molar-refractivity contribution in [2.24, 2.45) is 23.7 Å². The van der Waals surface area contributed by atoms with Gasteiger partial charge in [-0.05, 0) is 24.7 Å². The number of hydrogen-bond donors (Lipinski definition) is 0. The Morgan fingerprint density at radius 3 is 2.60 bits per heavy atom. The molecule has 0 spiro atoms. The van der Waals surface area contributed by atoms with Gasteiger partial charge in [0.1, 0.15) is 5.78 Å². The van der Waals surface area contributed by atoms with Crippen LogP contribution in [0, 0.1) is 23.7 Å². The molecule has 4 atom stereocenters. The third-order valence-electron chi connectivity index (χ3n) is 3.65. The molecule has 2 aliphatic carbocycles. The van der Waals surface area contributed by atoms with Crippen molar-refractivity contribution in [3.05, 3.63) is 12.2 Å². The molecule has 0 aromatic carbocycles. The number of rotatable bonds is 4. The average Bonchev–Trinajstić information content (AvgIpc) is 2.78. The fourth-order valence-corrected chi connectivity index (χ4v) is 2.71. The number of carbonyl (C=O) groups excluding carboxylic acids is 1. The van der Waals surface area contributed by atoms with Crippen LogP contribution in [0.4, 0.5) is 8.78 Å². The minimum atomic E-state index is -2.37. The first-order valence-corrected chi connectivity index (χ1v) is 5.57. The van der Waals surface area contributed by atoms with Gasteiger partial charge in [0.2, 0.25) is 6.43 Å². The Labute approximate surface area is 88.5 Å². The van der Waals surface area contributed by atoms with Crippen LogP contribution in [0.1, 0.15) is 26.2 Å². The third-order valence-corrected chi connectivity index (χ3v) is 3.65. The summed E-state index contributed by atoms with van der Waals surface area (Å²) >= 11 is 0. The van der Waals surface area contributed by atoms with E-state index in [1.54, 1.807) is 0 Å². The minimum absolute atomic E-state index is 0.0289. The molecule has 2 rings (SSSR count). The quantitative estimate of drug-likeness (QED) is 0.657. The highest BCUT2D eigenvalue weighted by molar-refractivity contribution is 5.82. The van der Waals surface area contributed by atoms with Crippen LogP contribution in [-0.2, 0) is 4.79 Å². The van der Waals surface area contributed by atoms with Crippen LogP contribution in [0.25, 0.3) is 0 Å². The van der Waals surface area contributed by atoms with Crippen LogP contribution in [0.3, 0.4) is 0 Å². The lowest BCUT2D eigenvalue weighted by Gasteiger charge is -2.18. The maximum Gasteiger partial charge on any atom is 0.241 e. The fraction of sp³-hybridized carbons (Fsp3) is 0.750. The second-order valence-corrected chi connectivity index (χ2v) is 4.87. The van der Waals surface area contributed by atoms with Gasteiger partial charge in [0.05, 0.1) is 0 Å². The summed E-state index contributed by atoms with van der Waals surface area (Å²) in [5, 5.41) is 0. The van der Waals surface area contributed by atoms with Gasteiger partial charge < -0.3 is 0 Å². The molecule has 2 bridgehead atoms. The van der Waals surface area contributed by atoms with Gasteiger partial charge in [0.25, 0.3) is 0 Å². The summed E-state index contributed by atoms with van der Waals surface area (Å²) in [5.41, 5.74) is 0. The molecule has 15 heavy (non-hydrogen) atoms. The van der Waals surface area contributed by atoms with E-state index in [2.05, 4.69) is 12.2 Å². The molecule has 3 heteroatoms. The Morgan fingerprint density at radius 1 is 1.40 bits per heavy atom. The summed E-state index contributed by atoms with van der Waals surface area (Å²) in [7, 11) is 0. The highest BCUT2D eigenvalue weighted by atomic mass is 19.3. The first-order chi connectivity index (χ1) is 7.08. The normalized spacial score (nSPS) is 35.1. The second kappa shape index (κ2) is 4.03. The van der Waals surface area contributed by atoms with Gasteiger partial charge in [-0.3, -0.25) is 4.79 Å². The smallest absolute Gasteiger partial charge is 0.241 e. The van der Waals surface area contributed by atoms with Crippen LogP contribution in [0.15, 0.2) is 12.2 Å². The summed E-state index contributed by atoms with van der Waals surface area (Å²) in [6.07, 6.45) is 3.85. The van der Waals surface area contributed by atoms with E-state index in [9.17, 15) is 13.6 Å². The molecule has 84 valence electrons. The molecule has 0 heterocycles. The van der Waals surface area contributed by atoms with Crippen molar-refractivity contribution in [3.8, 4) is 0 Å². The van der Waals surface area contributed by atoms with Crippen molar-refractivity contribution in [3.63, 3.8) is 0 Å². The summed E-state index contributed by atoms with van der Waals surface area (Å²) in [6.45, 7) is 1.45. The van der Waals surface area contributed by atoms with Crippen LogP contribution in [0.5, 0.6) is 0 Å². The number of hydrogen-bond acceptors (Lipinski definition) is 1. The summed E-state index contributed by atoms with van der Waals surface area (Å²) in [5.74, 6) is 0.152. The molecule has 1 saturated carbocycles. The van der Waals surface area contributed by atoms with Crippen molar-refractivity contribution in [2.45, 2.75) is 32.6 Å². The molecular formula is C12H16F2O. The first-order valence-electron chi connectivity index (χ1n) is 5.57. The van der Waals surface area contributed by atoms with Crippen molar-refractivity contribution >= 4 is 5.78 Å². The largest absolute Gasteiger partial charge is 0.299 e. The van der Waals surface area contributed by atoms with Gasteiger partial charge in [-0.15, -0.1) is 0 Å². The van der Waals surface area contributed by atoms with Crippen molar-refractivity contribution in [2.75, 3.05) is 0 Å². The number of ketones is 1. The summed E-state index contributed by atoms with van der Waals surface area (Å²) in [4.78, 5) is 11.8. The van der Waals surface area contributed by atoms with Crippen molar-refractivity contribution in [1.29, 1.82) is 0 Å². The molecule has 0 radical (unpaired) electrons. The first kappa shape index (κ1) is 10.8. The van der Waals surface area contributed by atoms with E-state index in [1.807, 2.05) is 0 Å². The van der Waals surface area contributed by atoms with Crippen molar-refractivity contribution in [1.82, 2.24) is 0 Å². The van der Waals surface area contributed by atoms with E-state index in [4.69, 9.17) is 0 Å². The zero-order valence-electron chi connectivity index (χ0n) is 8.83. The number of alkyl halides is 2. The number of allylic oxidation sites excluding steroid dienone is 2. The van der Waals surface area contributed by atoms with E-state index in [-0.39, 0.29) is 18.1 Å². The topological polar surface area (TPSA) is 17.1 Å². The maximum absolute atomic E-state index is 12.3. The highest BCUT2D eigenvalue weighted by Crippen LogP contribution is 2.44. The lowest BCUT2D eigenvalue weighted by atomic mass is 9.86.